The lowest BCUT2D eigenvalue weighted by molar-refractivity contribution is -0.143. The molecule has 0 bridgehead atoms. The van der Waals surface area contributed by atoms with Gasteiger partial charge >= 0.3 is 5.97 Å². The predicted molar refractivity (Wildman–Crippen MR) is 68.9 cm³/mol. The van der Waals surface area contributed by atoms with Gasteiger partial charge in [-0.05, 0) is 38.3 Å². The van der Waals surface area contributed by atoms with Crippen LogP contribution in [0.15, 0.2) is 0 Å². The molecule has 0 aliphatic carbocycles. The van der Waals surface area contributed by atoms with Crippen LogP contribution in [-0.2, 0) is 9.53 Å². The number of hydrogen-bond donors (Lipinski definition) is 1. The third-order valence-electron chi connectivity index (χ3n) is 3.31. The van der Waals surface area contributed by atoms with Gasteiger partial charge in [0.1, 0.15) is 6.04 Å². The fraction of sp³-hybridized carbons (Fsp3) is 0.923. The van der Waals surface area contributed by atoms with Crippen molar-refractivity contribution in [3.63, 3.8) is 0 Å². The summed E-state index contributed by atoms with van der Waals surface area (Å²) in [5, 5.41) is 3.27. The highest BCUT2D eigenvalue weighted by Crippen LogP contribution is 2.15. The van der Waals surface area contributed by atoms with Crippen LogP contribution in [0.4, 0.5) is 0 Å². The van der Waals surface area contributed by atoms with Gasteiger partial charge in [0.15, 0.2) is 0 Å². The molecule has 0 radical (unpaired) electrons. The average Bonchev–Trinajstić information content (AvgIpc) is 2.33. The molecule has 0 aromatic rings. The van der Waals surface area contributed by atoms with Gasteiger partial charge in [-0.2, -0.15) is 0 Å². The molecule has 4 nitrogen and oxygen atoms in total. The zero-order chi connectivity index (χ0) is 12.7. The molecule has 0 aromatic heterocycles. The van der Waals surface area contributed by atoms with Crippen LogP contribution >= 0.6 is 0 Å². The van der Waals surface area contributed by atoms with Gasteiger partial charge in [-0.15, -0.1) is 0 Å². The fourth-order valence-electron chi connectivity index (χ4n) is 2.39. The van der Waals surface area contributed by atoms with E-state index < -0.39 is 0 Å². The Morgan fingerprint density at radius 1 is 1.59 bits per heavy atom. The normalized spacial score (nSPS) is 23.4. The molecule has 2 unspecified atom stereocenters. The summed E-state index contributed by atoms with van der Waals surface area (Å²) >= 11 is 0. The van der Waals surface area contributed by atoms with E-state index in [-0.39, 0.29) is 12.0 Å². The lowest BCUT2D eigenvalue weighted by atomic mass is 10.00. The number of esters is 1. The molecule has 1 N–H and O–H groups in total. The van der Waals surface area contributed by atoms with Gasteiger partial charge in [0.05, 0.1) is 7.11 Å². The Balaban J connectivity index is 2.43. The van der Waals surface area contributed by atoms with Crippen LogP contribution in [0.25, 0.3) is 0 Å². The van der Waals surface area contributed by atoms with E-state index >= 15 is 0 Å². The second kappa shape index (κ2) is 7.67. The zero-order valence-corrected chi connectivity index (χ0v) is 11.4. The molecule has 100 valence electrons. The van der Waals surface area contributed by atoms with Crippen LogP contribution in [0.3, 0.4) is 0 Å². The molecule has 0 aromatic carbocycles. The van der Waals surface area contributed by atoms with Crippen molar-refractivity contribution < 1.29 is 9.53 Å². The molecule has 0 spiro atoms. The highest BCUT2D eigenvalue weighted by atomic mass is 16.5. The second-order valence-electron chi connectivity index (χ2n) is 5.04. The fourth-order valence-corrected chi connectivity index (χ4v) is 2.39. The number of nitrogens with zero attached hydrogens (tertiary/aromatic N) is 1. The van der Waals surface area contributed by atoms with Crippen molar-refractivity contribution in [1.82, 2.24) is 10.2 Å². The predicted octanol–water partition coefficient (Wildman–Crippen LogP) is 1.26. The van der Waals surface area contributed by atoms with E-state index in [2.05, 4.69) is 24.1 Å². The molecule has 17 heavy (non-hydrogen) atoms. The Bertz CT molecular complexity index is 233. The quantitative estimate of drug-likeness (QED) is 0.712. The first kappa shape index (κ1) is 14.5. The molecular weight excluding hydrogens is 216 g/mol. The summed E-state index contributed by atoms with van der Waals surface area (Å²) in [5.41, 5.74) is 0. The number of carbonyl (C=O) groups is 1. The van der Waals surface area contributed by atoms with Crippen molar-refractivity contribution in [2.24, 2.45) is 5.92 Å². The van der Waals surface area contributed by atoms with E-state index in [1.165, 1.54) is 20.0 Å². The van der Waals surface area contributed by atoms with Gasteiger partial charge < -0.3 is 15.0 Å². The van der Waals surface area contributed by atoms with Crippen molar-refractivity contribution in [3.8, 4) is 0 Å². The Morgan fingerprint density at radius 3 is 2.94 bits per heavy atom. The third kappa shape index (κ3) is 5.04. The van der Waals surface area contributed by atoms with Crippen molar-refractivity contribution >= 4 is 5.97 Å². The first-order chi connectivity index (χ1) is 8.17. The van der Waals surface area contributed by atoms with Gasteiger partial charge in [0, 0.05) is 13.1 Å². The number of rotatable bonds is 6. The monoisotopic (exact) mass is 242 g/mol. The Morgan fingerprint density at radius 2 is 2.35 bits per heavy atom. The van der Waals surface area contributed by atoms with Crippen LogP contribution in [0.1, 0.15) is 33.1 Å². The highest BCUT2D eigenvalue weighted by molar-refractivity contribution is 5.75. The minimum absolute atomic E-state index is 0.142. The lowest BCUT2D eigenvalue weighted by Gasteiger charge is -2.33. The van der Waals surface area contributed by atoms with Crippen molar-refractivity contribution in [2.75, 3.05) is 33.3 Å². The summed E-state index contributed by atoms with van der Waals surface area (Å²) in [6.45, 7) is 8.22. The maximum absolute atomic E-state index is 11.7. The molecule has 0 amide bonds. The molecule has 4 heteroatoms. The van der Waals surface area contributed by atoms with E-state index in [9.17, 15) is 4.79 Å². The summed E-state index contributed by atoms with van der Waals surface area (Å²) in [6, 6.07) is -0.176. The molecule has 1 aliphatic heterocycles. The number of carbonyl (C=O) groups excluding carboxylic acids is 1. The van der Waals surface area contributed by atoms with Crippen LogP contribution < -0.4 is 5.32 Å². The van der Waals surface area contributed by atoms with Gasteiger partial charge in [-0.3, -0.25) is 4.79 Å². The first-order valence-electron chi connectivity index (χ1n) is 6.71. The Kier molecular flexibility index (Phi) is 6.52. The molecule has 1 heterocycles. The van der Waals surface area contributed by atoms with E-state index in [4.69, 9.17) is 4.74 Å². The van der Waals surface area contributed by atoms with Crippen LogP contribution in [0.5, 0.6) is 0 Å². The number of nitrogens with one attached hydrogen (secondary N) is 1. The van der Waals surface area contributed by atoms with Gasteiger partial charge in [-0.25, -0.2) is 0 Å². The van der Waals surface area contributed by atoms with E-state index in [0.717, 1.165) is 38.5 Å². The van der Waals surface area contributed by atoms with Crippen LogP contribution in [0, 0.1) is 5.92 Å². The number of hydrogen-bond acceptors (Lipinski definition) is 4. The minimum atomic E-state index is -0.176. The number of ether oxygens (including phenoxy) is 1. The van der Waals surface area contributed by atoms with Gasteiger partial charge in [-0.1, -0.05) is 13.8 Å². The maximum atomic E-state index is 11.7. The molecule has 2 atom stereocenters. The summed E-state index contributed by atoms with van der Waals surface area (Å²) in [4.78, 5) is 14.0. The number of piperidine rings is 1. The Hall–Kier alpha value is -0.610. The Labute approximate surface area is 105 Å². The van der Waals surface area contributed by atoms with Gasteiger partial charge in [0.25, 0.3) is 0 Å². The highest BCUT2D eigenvalue weighted by Gasteiger charge is 2.24. The molecule has 1 aliphatic rings. The lowest BCUT2D eigenvalue weighted by Crippen LogP contribution is -2.49. The second-order valence-corrected chi connectivity index (χ2v) is 5.04. The van der Waals surface area contributed by atoms with E-state index in [1.807, 2.05) is 0 Å². The minimum Gasteiger partial charge on any atom is -0.468 e. The third-order valence-corrected chi connectivity index (χ3v) is 3.31. The largest absolute Gasteiger partial charge is 0.468 e. The summed E-state index contributed by atoms with van der Waals surface area (Å²) in [6.07, 6.45) is 3.58. The molecule has 1 fully saturated rings. The SMILES string of the molecule is CCCNC(CN1CCCC(C)C1)C(=O)OC. The van der Waals surface area contributed by atoms with E-state index in [0.29, 0.717) is 0 Å². The van der Waals surface area contributed by atoms with Crippen LogP contribution in [0.2, 0.25) is 0 Å². The zero-order valence-electron chi connectivity index (χ0n) is 11.4. The summed E-state index contributed by atoms with van der Waals surface area (Å²) < 4.78 is 4.85. The summed E-state index contributed by atoms with van der Waals surface area (Å²) in [5.74, 6) is 0.602. The van der Waals surface area contributed by atoms with Crippen molar-refractivity contribution in [2.45, 2.75) is 39.2 Å². The first-order valence-corrected chi connectivity index (χ1v) is 6.71. The molecule has 1 rings (SSSR count). The standard InChI is InChI=1S/C13H26N2O2/c1-4-7-14-12(13(16)17-3)10-15-8-5-6-11(2)9-15/h11-12,14H,4-10H2,1-3H3. The van der Waals surface area contributed by atoms with Crippen molar-refractivity contribution in [3.05, 3.63) is 0 Å². The smallest absolute Gasteiger partial charge is 0.324 e. The van der Waals surface area contributed by atoms with E-state index in [1.54, 1.807) is 0 Å². The molecule has 0 saturated carbocycles. The van der Waals surface area contributed by atoms with Crippen molar-refractivity contribution in [1.29, 1.82) is 0 Å². The summed E-state index contributed by atoms with van der Waals surface area (Å²) in [7, 11) is 1.46. The maximum Gasteiger partial charge on any atom is 0.324 e. The average molecular weight is 242 g/mol. The molecule has 1 saturated heterocycles. The topological polar surface area (TPSA) is 41.6 Å². The van der Waals surface area contributed by atoms with Gasteiger partial charge in [0.2, 0.25) is 0 Å². The van der Waals surface area contributed by atoms with Crippen LogP contribution in [-0.4, -0.2) is 50.2 Å². The molecular formula is C13H26N2O2. The number of likely N-dealkylation sites (tertiary alicyclic amines) is 1. The number of methoxy groups -OCH3 is 1.